The molecule has 0 saturated heterocycles. The zero-order chi connectivity index (χ0) is 24.5. The molecule has 1 heterocycles. The molecule has 0 bridgehead atoms. The zero-order valence-electron chi connectivity index (χ0n) is 19.6. The van der Waals surface area contributed by atoms with Gasteiger partial charge in [0.1, 0.15) is 6.04 Å². The molecule has 0 unspecified atom stereocenters. The quantitative estimate of drug-likeness (QED) is 0.524. The number of hydrogen-bond acceptors (Lipinski definition) is 5. The number of benzene rings is 2. The van der Waals surface area contributed by atoms with Crippen LogP contribution in [-0.2, 0) is 11.3 Å². The van der Waals surface area contributed by atoms with Gasteiger partial charge in [0.2, 0.25) is 5.91 Å². The van der Waals surface area contributed by atoms with Crippen molar-refractivity contribution in [3.8, 4) is 6.07 Å². The number of rotatable bonds is 6. The predicted molar refractivity (Wildman–Crippen MR) is 128 cm³/mol. The fraction of sp³-hybridized carbons (Fsp3) is 0.385. The summed E-state index contributed by atoms with van der Waals surface area (Å²) in [4.78, 5) is 26.3. The average Bonchev–Trinajstić information content (AvgIpc) is 3.14. The molecule has 0 spiro atoms. The van der Waals surface area contributed by atoms with Gasteiger partial charge in [-0.15, -0.1) is 0 Å². The van der Waals surface area contributed by atoms with E-state index in [0.717, 1.165) is 11.1 Å². The summed E-state index contributed by atoms with van der Waals surface area (Å²) in [5.41, 5.74) is 2.07. The van der Waals surface area contributed by atoms with Gasteiger partial charge in [-0.05, 0) is 42.0 Å². The number of para-hydroxylation sites is 1. The Hall–Kier alpha value is -3.70. The van der Waals surface area contributed by atoms with E-state index in [-0.39, 0.29) is 23.7 Å². The number of carbonyl (C=O) groups excluding carboxylic acids is 2. The van der Waals surface area contributed by atoms with E-state index in [9.17, 15) is 14.7 Å². The summed E-state index contributed by atoms with van der Waals surface area (Å²) in [6, 6.07) is 16.0. The molecule has 8 nitrogen and oxygen atoms in total. The van der Waals surface area contributed by atoms with E-state index in [0.29, 0.717) is 30.3 Å². The van der Waals surface area contributed by atoms with Crippen LogP contribution in [0.5, 0.6) is 0 Å². The van der Waals surface area contributed by atoms with Crippen molar-refractivity contribution in [1.29, 1.82) is 5.26 Å². The van der Waals surface area contributed by atoms with Crippen molar-refractivity contribution >= 4 is 22.7 Å². The van der Waals surface area contributed by atoms with E-state index in [4.69, 9.17) is 5.26 Å². The number of hydrogen-bond donors (Lipinski definition) is 3. The fourth-order valence-corrected chi connectivity index (χ4v) is 4.14. The smallest absolute Gasteiger partial charge is 0.273 e. The Morgan fingerprint density at radius 1 is 1.18 bits per heavy atom. The van der Waals surface area contributed by atoms with Crippen LogP contribution < -0.4 is 10.6 Å². The highest BCUT2D eigenvalue weighted by Gasteiger charge is 2.37. The Kier molecular flexibility index (Phi) is 6.40. The van der Waals surface area contributed by atoms with Crippen molar-refractivity contribution in [2.24, 2.45) is 5.41 Å². The number of nitrogens with zero attached hydrogens (tertiary/aromatic N) is 3. The van der Waals surface area contributed by atoms with Crippen LogP contribution in [0.25, 0.3) is 10.9 Å². The molecular weight excluding hydrogens is 430 g/mol. The van der Waals surface area contributed by atoms with Crippen LogP contribution in [0, 0.1) is 16.7 Å². The van der Waals surface area contributed by atoms with Gasteiger partial charge in [-0.1, -0.05) is 51.1 Å². The summed E-state index contributed by atoms with van der Waals surface area (Å²) < 4.78 is 1.76. The van der Waals surface area contributed by atoms with Crippen LogP contribution >= 0.6 is 0 Å². The van der Waals surface area contributed by atoms with Crippen LogP contribution in [0.2, 0.25) is 0 Å². The normalized spacial score (nSPS) is 18.6. The molecule has 34 heavy (non-hydrogen) atoms. The van der Waals surface area contributed by atoms with E-state index < -0.39 is 17.4 Å². The molecule has 1 saturated carbocycles. The van der Waals surface area contributed by atoms with E-state index >= 15 is 0 Å². The van der Waals surface area contributed by atoms with Crippen LogP contribution in [0.1, 0.15) is 55.2 Å². The number of aliphatic hydroxyl groups excluding tert-OH is 1. The number of carbonyl (C=O) groups is 2. The second-order valence-electron chi connectivity index (χ2n) is 9.94. The second-order valence-corrected chi connectivity index (χ2v) is 9.94. The van der Waals surface area contributed by atoms with Crippen molar-refractivity contribution < 1.29 is 14.7 Å². The second kappa shape index (κ2) is 9.27. The van der Waals surface area contributed by atoms with Crippen molar-refractivity contribution in [1.82, 2.24) is 20.4 Å². The summed E-state index contributed by atoms with van der Waals surface area (Å²) in [6.45, 7) is 6.13. The zero-order valence-corrected chi connectivity index (χ0v) is 19.6. The molecule has 1 fully saturated rings. The maximum atomic E-state index is 13.3. The Bertz CT molecular complexity index is 1240. The maximum Gasteiger partial charge on any atom is 0.273 e. The molecule has 2 aromatic carbocycles. The van der Waals surface area contributed by atoms with E-state index in [2.05, 4.69) is 21.8 Å². The molecule has 0 radical (unpaired) electrons. The number of amides is 2. The highest BCUT2D eigenvalue weighted by molar-refractivity contribution is 6.06. The lowest BCUT2D eigenvalue weighted by molar-refractivity contribution is -0.127. The number of aliphatic hydroxyl groups is 1. The van der Waals surface area contributed by atoms with Gasteiger partial charge in [-0.2, -0.15) is 10.4 Å². The SMILES string of the molecule is CC(C)(C)[C@H](NC(=O)c1nn(Cc2ccc(C#N)cc2)c2ccccc12)C(=O)NC1CC(O)C1. The monoisotopic (exact) mass is 459 g/mol. The molecule has 1 atom stereocenters. The van der Waals surface area contributed by atoms with Gasteiger partial charge in [-0.3, -0.25) is 14.3 Å². The first kappa shape index (κ1) is 23.5. The van der Waals surface area contributed by atoms with Gasteiger partial charge >= 0.3 is 0 Å². The predicted octanol–water partition coefficient (Wildman–Crippen LogP) is 2.74. The molecule has 8 heteroatoms. The molecule has 176 valence electrons. The molecule has 3 N–H and O–H groups in total. The van der Waals surface area contributed by atoms with Crippen molar-refractivity contribution in [2.45, 2.75) is 58.3 Å². The first-order chi connectivity index (χ1) is 16.2. The van der Waals surface area contributed by atoms with Crippen molar-refractivity contribution in [3.05, 3.63) is 65.4 Å². The average molecular weight is 460 g/mol. The van der Waals surface area contributed by atoms with Crippen LogP contribution in [0.15, 0.2) is 48.5 Å². The summed E-state index contributed by atoms with van der Waals surface area (Å²) in [5.74, 6) is -0.683. The van der Waals surface area contributed by atoms with Crippen molar-refractivity contribution in [3.63, 3.8) is 0 Å². The van der Waals surface area contributed by atoms with Gasteiger partial charge < -0.3 is 15.7 Å². The Balaban J connectivity index is 1.58. The Morgan fingerprint density at radius 2 is 1.85 bits per heavy atom. The van der Waals surface area contributed by atoms with Gasteiger partial charge in [-0.25, -0.2) is 0 Å². The van der Waals surface area contributed by atoms with E-state index in [1.165, 1.54) is 0 Å². The van der Waals surface area contributed by atoms with E-state index in [1.54, 1.807) is 16.8 Å². The highest BCUT2D eigenvalue weighted by atomic mass is 16.3. The molecule has 3 aromatic rings. The Labute approximate surface area is 198 Å². The third kappa shape index (κ3) is 4.95. The van der Waals surface area contributed by atoms with Gasteiger partial charge in [0.05, 0.1) is 29.8 Å². The minimum absolute atomic E-state index is 0.0725. The van der Waals surface area contributed by atoms with Gasteiger partial charge in [0.25, 0.3) is 5.91 Å². The first-order valence-corrected chi connectivity index (χ1v) is 11.4. The van der Waals surface area contributed by atoms with E-state index in [1.807, 2.05) is 57.2 Å². The highest BCUT2D eigenvalue weighted by Crippen LogP contribution is 2.25. The molecule has 2 amide bonds. The molecule has 0 aliphatic heterocycles. The maximum absolute atomic E-state index is 13.3. The van der Waals surface area contributed by atoms with Gasteiger partial charge in [0, 0.05) is 11.4 Å². The first-order valence-electron chi connectivity index (χ1n) is 11.4. The Morgan fingerprint density at radius 3 is 2.47 bits per heavy atom. The number of aromatic nitrogens is 2. The van der Waals surface area contributed by atoms with Crippen LogP contribution in [0.3, 0.4) is 0 Å². The molecular formula is C26H29N5O3. The van der Waals surface area contributed by atoms with Crippen LogP contribution in [-0.4, -0.2) is 44.9 Å². The minimum atomic E-state index is -0.764. The largest absolute Gasteiger partial charge is 0.393 e. The lowest BCUT2D eigenvalue weighted by Gasteiger charge is -2.36. The number of nitrogens with one attached hydrogen (secondary N) is 2. The number of nitriles is 1. The minimum Gasteiger partial charge on any atom is -0.393 e. The third-order valence-corrected chi connectivity index (χ3v) is 6.15. The lowest BCUT2D eigenvalue weighted by Crippen LogP contribution is -2.58. The summed E-state index contributed by atoms with van der Waals surface area (Å²) >= 11 is 0. The summed E-state index contributed by atoms with van der Waals surface area (Å²) in [5, 5.41) is 29.7. The summed E-state index contributed by atoms with van der Waals surface area (Å²) in [6.07, 6.45) is 0.682. The van der Waals surface area contributed by atoms with Gasteiger partial charge in [0.15, 0.2) is 5.69 Å². The summed E-state index contributed by atoms with van der Waals surface area (Å²) in [7, 11) is 0. The molecule has 4 rings (SSSR count). The third-order valence-electron chi connectivity index (χ3n) is 6.15. The fourth-order valence-electron chi connectivity index (χ4n) is 4.14. The van der Waals surface area contributed by atoms with Crippen LogP contribution in [0.4, 0.5) is 0 Å². The molecule has 1 aliphatic carbocycles. The van der Waals surface area contributed by atoms with Crippen molar-refractivity contribution in [2.75, 3.05) is 0 Å². The lowest BCUT2D eigenvalue weighted by atomic mass is 9.84. The molecule has 1 aliphatic rings. The standard InChI is InChI=1S/C26H29N5O3/c1-26(2,3)23(25(34)28-18-12-19(32)13-18)29-24(33)22-20-6-4-5-7-21(20)31(30-22)15-17-10-8-16(14-27)9-11-17/h4-11,18-19,23,32H,12-13,15H2,1-3H3,(H,28,34)(H,29,33)/t18?,19?,23-/m1/s1. The topological polar surface area (TPSA) is 120 Å². The number of fused-ring (bicyclic) bond motifs is 1. The molecule has 1 aromatic heterocycles.